The lowest BCUT2D eigenvalue weighted by Crippen LogP contribution is -2.37. The highest BCUT2D eigenvalue weighted by atomic mass is 79.9. The summed E-state index contributed by atoms with van der Waals surface area (Å²) in [5.74, 6) is -1.52. The quantitative estimate of drug-likeness (QED) is 0.408. The van der Waals surface area contributed by atoms with Gasteiger partial charge in [-0.15, -0.1) is 0 Å². The average Bonchev–Trinajstić information content (AvgIpc) is 2.57. The van der Waals surface area contributed by atoms with Crippen molar-refractivity contribution >= 4 is 45.3 Å². The Hall–Kier alpha value is -2.67. The number of hydrogen-bond acceptors (Lipinski definition) is 4. The monoisotopic (exact) mass is 402 g/mol. The van der Waals surface area contributed by atoms with E-state index in [1.165, 1.54) is 6.21 Å². The third kappa shape index (κ3) is 5.72. The van der Waals surface area contributed by atoms with Crippen molar-refractivity contribution in [3.8, 4) is 0 Å². The molecule has 2 aromatic rings. The van der Waals surface area contributed by atoms with E-state index in [0.29, 0.717) is 6.54 Å². The first-order valence-electron chi connectivity index (χ1n) is 7.74. The maximum absolute atomic E-state index is 11.5. The van der Waals surface area contributed by atoms with Crippen molar-refractivity contribution in [1.82, 2.24) is 10.7 Å². The number of rotatable bonds is 5. The number of amides is 2. The van der Waals surface area contributed by atoms with Gasteiger partial charge in [0, 0.05) is 28.0 Å². The van der Waals surface area contributed by atoms with E-state index in [2.05, 4.69) is 37.1 Å². The lowest BCUT2D eigenvalue weighted by Gasteiger charge is -2.10. The summed E-state index contributed by atoms with van der Waals surface area (Å²) in [5.41, 5.74) is 5.88. The van der Waals surface area contributed by atoms with E-state index in [0.717, 1.165) is 27.0 Å². The van der Waals surface area contributed by atoms with Crippen LogP contribution in [-0.4, -0.2) is 24.6 Å². The van der Waals surface area contributed by atoms with Gasteiger partial charge >= 0.3 is 11.8 Å². The Morgan fingerprint density at radius 2 is 1.96 bits per heavy atom. The molecule has 0 spiro atoms. The fraction of sp³-hybridized carbons (Fsp3) is 0.167. The highest BCUT2D eigenvalue weighted by molar-refractivity contribution is 9.10. The summed E-state index contributed by atoms with van der Waals surface area (Å²) in [6.07, 6.45) is 1.49. The predicted octanol–water partition coefficient (Wildman–Crippen LogP) is 3.09. The smallest absolute Gasteiger partial charge is 0.329 e. The first-order chi connectivity index (χ1) is 12.0. The first kappa shape index (κ1) is 18.7. The second kappa shape index (κ2) is 8.98. The van der Waals surface area contributed by atoms with Crippen molar-refractivity contribution in [2.24, 2.45) is 5.10 Å². The van der Waals surface area contributed by atoms with Crippen LogP contribution in [0.25, 0.3) is 0 Å². The van der Waals surface area contributed by atoms with E-state index in [9.17, 15) is 9.59 Å². The molecule has 130 valence electrons. The summed E-state index contributed by atoms with van der Waals surface area (Å²) in [6.45, 7) is 4.14. The SMILES string of the molecule is CCNC(=O)C(=O)N/N=C\c1cc(Br)ccc1Nc1cccc(C)c1. The van der Waals surface area contributed by atoms with Crippen molar-refractivity contribution in [2.75, 3.05) is 11.9 Å². The number of nitrogens with zero attached hydrogens (tertiary/aromatic N) is 1. The fourth-order valence-electron chi connectivity index (χ4n) is 2.08. The van der Waals surface area contributed by atoms with Gasteiger partial charge in [-0.25, -0.2) is 5.43 Å². The number of carbonyl (C=O) groups excluding carboxylic acids is 2. The second-order valence-corrected chi connectivity index (χ2v) is 6.20. The third-order valence-electron chi connectivity index (χ3n) is 3.22. The van der Waals surface area contributed by atoms with Gasteiger partial charge in [0.1, 0.15) is 0 Å². The fourth-order valence-corrected chi connectivity index (χ4v) is 2.46. The molecule has 0 heterocycles. The van der Waals surface area contributed by atoms with Crippen LogP contribution in [0.3, 0.4) is 0 Å². The van der Waals surface area contributed by atoms with Gasteiger partial charge in [-0.3, -0.25) is 9.59 Å². The Morgan fingerprint density at radius 3 is 2.68 bits per heavy atom. The van der Waals surface area contributed by atoms with Gasteiger partial charge in [-0.05, 0) is 49.7 Å². The Balaban J connectivity index is 2.14. The summed E-state index contributed by atoms with van der Waals surface area (Å²) in [4.78, 5) is 22.9. The van der Waals surface area contributed by atoms with Crippen LogP contribution >= 0.6 is 15.9 Å². The number of nitrogens with one attached hydrogen (secondary N) is 3. The third-order valence-corrected chi connectivity index (χ3v) is 3.72. The first-order valence-corrected chi connectivity index (χ1v) is 8.53. The number of hydrogen-bond donors (Lipinski definition) is 3. The standard InChI is InChI=1S/C18H19BrN4O2/c1-3-20-17(24)18(25)23-21-11-13-10-14(19)7-8-16(13)22-15-6-4-5-12(2)9-15/h4-11,22H,3H2,1-2H3,(H,20,24)(H,23,25)/b21-11-. The van der Waals surface area contributed by atoms with Crippen molar-refractivity contribution in [2.45, 2.75) is 13.8 Å². The number of aryl methyl sites for hydroxylation is 1. The molecule has 0 radical (unpaired) electrons. The normalized spacial score (nSPS) is 10.5. The Labute approximate surface area is 154 Å². The molecule has 25 heavy (non-hydrogen) atoms. The molecule has 0 aliphatic carbocycles. The molecule has 0 unspecified atom stereocenters. The van der Waals surface area contributed by atoms with Gasteiger partial charge < -0.3 is 10.6 Å². The van der Waals surface area contributed by atoms with Crippen molar-refractivity contribution in [1.29, 1.82) is 0 Å². The molecule has 0 saturated heterocycles. The number of benzene rings is 2. The minimum absolute atomic E-state index is 0.381. The lowest BCUT2D eigenvalue weighted by atomic mass is 10.1. The van der Waals surface area contributed by atoms with Crippen LogP contribution < -0.4 is 16.1 Å². The molecule has 0 aliphatic rings. The van der Waals surface area contributed by atoms with Crippen LogP contribution in [0, 0.1) is 6.92 Å². The zero-order valence-corrected chi connectivity index (χ0v) is 15.6. The van der Waals surface area contributed by atoms with Crippen molar-refractivity contribution in [3.63, 3.8) is 0 Å². The second-order valence-electron chi connectivity index (χ2n) is 5.28. The van der Waals surface area contributed by atoms with E-state index in [1.807, 2.05) is 49.4 Å². The molecule has 0 atom stereocenters. The highest BCUT2D eigenvalue weighted by Gasteiger charge is 2.10. The zero-order chi connectivity index (χ0) is 18.2. The molecule has 7 heteroatoms. The number of halogens is 1. The summed E-state index contributed by atoms with van der Waals surface area (Å²) >= 11 is 3.42. The number of hydrazone groups is 1. The van der Waals surface area contributed by atoms with E-state index < -0.39 is 11.8 Å². The predicted molar refractivity (Wildman–Crippen MR) is 103 cm³/mol. The van der Waals surface area contributed by atoms with Gasteiger partial charge in [0.15, 0.2) is 0 Å². The number of carbonyl (C=O) groups is 2. The zero-order valence-electron chi connectivity index (χ0n) is 14.0. The van der Waals surface area contributed by atoms with Crippen LogP contribution in [-0.2, 0) is 9.59 Å². The van der Waals surface area contributed by atoms with Gasteiger partial charge in [-0.2, -0.15) is 5.10 Å². The maximum Gasteiger partial charge on any atom is 0.329 e. The van der Waals surface area contributed by atoms with E-state index in [-0.39, 0.29) is 0 Å². The lowest BCUT2D eigenvalue weighted by molar-refractivity contribution is -0.139. The molecular weight excluding hydrogens is 384 g/mol. The highest BCUT2D eigenvalue weighted by Crippen LogP contribution is 2.23. The number of anilines is 2. The van der Waals surface area contributed by atoms with E-state index in [4.69, 9.17) is 0 Å². The molecule has 2 amide bonds. The van der Waals surface area contributed by atoms with E-state index in [1.54, 1.807) is 6.92 Å². The Morgan fingerprint density at radius 1 is 1.16 bits per heavy atom. The number of likely N-dealkylation sites (N-methyl/N-ethyl adjacent to an activating group) is 1. The van der Waals surface area contributed by atoms with Crippen LogP contribution in [0.15, 0.2) is 52.0 Å². The molecule has 3 N–H and O–H groups in total. The van der Waals surface area contributed by atoms with Crippen LogP contribution in [0.5, 0.6) is 0 Å². The minimum atomic E-state index is -0.804. The topological polar surface area (TPSA) is 82.6 Å². The molecule has 0 aliphatic heterocycles. The summed E-state index contributed by atoms with van der Waals surface area (Å²) < 4.78 is 0.874. The molecule has 0 saturated carbocycles. The molecule has 2 rings (SSSR count). The van der Waals surface area contributed by atoms with Gasteiger partial charge in [0.25, 0.3) is 0 Å². The summed E-state index contributed by atoms with van der Waals surface area (Å²) in [6, 6.07) is 13.7. The maximum atomic E-state index is 11.5. The van der Waals surface area contributed by atoms with Crippen LogP contribution in [0.4, 0.5) is 11.4 Å². The molecular formula is C18H19BrN4O2. The Kier molecular flexibility index (Phi) is 6.71. The molecule has 0 aromatic heterocycles. The van der Waals surface area contributed by atoms with E-state index >= 15 is 0 Å². The van der Waals surface area contributed by atoms with Crippen LogP contribution in [0.1, 0.15) is 18.1 Å². The van der Waals surface area contributed by atoms with Crippen molar-refractivity contribution in [3.05, 3.63) is 58.1 Å². The molecule has 0 fully saturated rings. The van der Waals surface area contributed by atoms with Gasteiger partial charge in [0.05, 0.1) is 6.21 Å². The molecule has 0 bridgehead atoms. The average molecular weight is 403 g/mol. The minimum Gasteiger partial charge on any atom is -0.355 e. The molecule has 6 nitrogen and oxygen atoms in total. The summed E-state index contributed by atoms with van der Waals surface area (Å²) in [5, 5.41) is 9.58. The Bertz CT molecular complexity index is 805. The van der Waals surface area contributed by atoms with Crippen LogP contribution in [0.2, 0.25) is 0 Å². The molecule has 2 aromatic carbocycles. The summed E-state index contributed by atoms with van der Waals surface area (Å²) in [7, 11) is 0. The largest absolute Gasteiger partial charge is 0.355 e. The van der Waals surface area contributed by atoms with Gasteiger partial charge in [0.2, 0.25) is 0 Å². The van der Waals surface area contributed by atoms with Gasteiger partial charge in [-0.1, -0.05) is 28.1 Å². The van der Waals surface area contributed by atoms with Crippen molar-refractivity contribution < 1.29 is 9.59 Å².